The van der Waals surface area contributed by atoms with Gasteiger partial charge in [0.1, 0.15) is 0 Å². The molecule has 0 bridgehead atoms. The molecular weight excluding hydrogens is 134 g/mol. The smallest absolute Gasteiger partial charge is 0.0639 e. The Balaban J connectivity index is 2.75. The van der Waals surface area contributed by atoms with Crippen LogP contribution < -0.4 is 5.73 Å². The second-order valence-corrected chi connectivity index (χ2v) is 2.42. The third-order valence-electron chi connectivity index (χ3n) is 1.22. The molecule has 1 aromatic rings. The fourth-order valence-corrected chi connectivity index (χ4v) is 0.719. The van der Waals surface area contributed by atoms with Gasteiger partial charge in [-0.15, -0.1) is 0 Å². The van der Waals surface area contributed by atoms with E-state index in [2.05, 4.69) is 11.8 Å². The van der Waals surface area contributed by atoms with Crippen LogP contribution in [-0.2, 0) is 0 Å². The average molecular weight is 145 g/mol. The standard InChI is InChI=1S/C10H11N/c1-9(11)7-8-10-5-3-2-4-6-10/h2-6,9H,11H2,1H3. The van der Waals surface area contributed by atoms with Crippen molar-refractivity contribution in [1.82, 2.24) is 0 Å². The van der Waals surface area contributed by atoms with E-state index in [1.807, 2.05) is 37.3 Å². The summed E-state index contributed by atoms with van der Waals surface area (Å²) >= 11 is 0. The van der Waals surface area contributed by atoms with Gasteiger partial charge >= 0.3 is 0 Å². The van der Waals surface area contributed by atoms with Crippen molar-refractivity contribution in [2.24, 2.45) is 5.73 Å². The summed E-state index contributed by atoms with van der Waals surface area (Å²) in [7, 11) is 0. The molecule has 0 aliphatic carbocycles. The van der Waals surface area contributed by atoms with E-state index in [9.17, 15) is 0 Å². The van der Waals surface area contributed by atoms with Gasteiger partial charge in [0.2, 0.25) is 0 Å². The SMILES string of the molecule is CC(N)C#Cc1ccccc1. The Bertz CT molecular complexity index is 264. The molecule has 1 rings (SSSR count). The quantitative estimate of drug-likeness (QED) is 0.548. The summed E-state index contributed by atoms with van der Waals surface area (Å²) in [6.45, 7) is 1.87. The summed E-state index contributed by atoms with van der Waals surface area (Å²) in [5.41, 5.74) is 6.48. The Hall–Kier alpha value is -1.26. The van der Waals surface area contributed by atoms with E-state index in [0.717, 1.165) is 5.56 Å². The zero-order chi connectivity index (χ0) is 8.10. The molecule has 0 aromatic heterocycles. The molecule has 0 aliphatic rings. The number of benzene rings is 1. The number of hydrogen-bond donors (Lipinski definition) is 1. The van der Waals surface area contributed by atoms with Gasteiger partial charge in [-0.2, -0.15) is 0 Å². The van der Waals surface area contributed by atoms with Crippen molar-refractivity contribution in [3.63, 3.8) is 0 Å². The van der Waals surface area contributed by atoms with Crippen LogP contribution in [-0.4, -0.2) is 6.04 Å². The molecule has 1 heteroatoms. The molecule has 1 atom stereocenters. The molecule has 0 fully saturated rings. The van der Waals surface area contributed by atoms with E-state index in [-0.39, 0.29) is 6.04 Å². The maximum atomic E-state index is 5.47. The minimum Gasteiger partial charge on any atom is -0.318 e. The first-order valence-electron chi connectivity index (χ1n) is 3.61. The normalized spacial score (nSPS) is 11.5. The van der Waals surface area contributed by atoms with Crippen molar-refractivity contribution in [2.75, 3.05) is 0 Å². The highest BCUT2D eigenvalue weighted by molar-refractivity contribution is 5.34. The highest BCUT2D eigenvalue weighted by Gasteiger charge is 1.83. The summed E-state index contributed by atoms with van der Waals surface area (Å²) in [6.07, 6.45) is 0. The molecule has 0 spiro atoms. The van der Waals surface area contributed by atoms with Crippen LogP contribution in [0.15, 0.2) is 30.3 Å². The molecule has 0 saturated heterocycles. The summed E-state index contributed by atoms with van der Waals surface area (Å²) in [6, 6.07) is 9.79. The van der Waals surface area contributed by atoms with Gasteiger partial charge < -0.3 is 5.73 Å². The Morgan fingerprint density at radius 1 is 1.27 bits per heavy atom. The largest absolute Gasteiger partial charge is 0.318 e. The molecule has 0 aliphatic heterocycles. The Morgan fingerprint density at radius 2 is 1.91 bits per heavy atom. The summed E-state index contributed by atoms with van der Waals surface area (Å²) in [4.78, 5) is 0. The zero-order valence-corrected chi connectivity index (χ0v) is 6.54. The first-order chi connectivity index (χ1) is 5.29. The van der Waals surface area contributed by atoms with Gasteiger partial charge in [0.15, 0.2) is 0 Å². The first kappa shape index (κ1) is 7.84. The van der Waals surface area contributed by atoms with E-state index in [1.54, 1.807) is 0 Å². The molecule has 1 nitrogen and oxygen atoms in total. The predicted octanol–water partition coefficient (Wildman–Crippen LogP) is 1.39. The fraction of sp³-hybridized carbons (Fsp3) is 0.200. The van der Waals surface area contributed by atoms with Crippen LogP contribution in [0.1, 0.15) is 12.5 Å². The van der Waals surface area contributed by atoms with Gasteiger partial charge in [-0.3, -0.25) is 0 Å². The van der Waals surface area contributed by atoms with Crippen LogP contribution in [0.5, 0.6) is 0 Å². The van der Waals surface area contributed by atoms with Crippen molar-refractivity contribution < 1.29 is 0 Å². The van der Waals surface area contributed by atoms with E-state index < -0.39 is 0 Å². The molecule has 1 aromatic carbocycles. The van der Waals surface area contributed by atoms with Gasteiger partial charge in [0, 0.05) is 5.56 Å². The van der Waals surface area contributed by atoms with E-state index >= 15 is 0 Å². The van der Waals surface area contributed by atoms with Crippen molar-refractivity contribution in [3.05, 3.63) is 35.9 Å². The molecule has 56 valence electrons. The number of nitrogens with two attached hydrogens (primary N) is 1. The van der Waals surface area contributed by atoms with Crippen LogP contribution in [0, 0.1) is 11.8 Å². The summed E-state index contributed by atoms with van der Waals surface area (Å²) < 4.78 is 0. The van der Waals surface area contributed by atoms with E-state index in [4.69, 9.17) is 5.73 Å². The lowest BCUT2D eigenvalue weighted by atomic mass is 10.2. The molecule has 0 amide bonds. The van der Waals surface area contributed by atoms with Crippen LogP contribution >= 0.6 is 0 Å². The van der Waals surface area contributed by atoms with Crippen LogP contribution in [0.2, 0.25) is 0 Å². The molecule has 11 heavy (non-hydrogen) atoms. The second kappa shape index (κ2) is 3.80. The van der Waals surface area contributed by atoms with Gasteiger partial charge in [-0.05, 0) is 19.1 Å². The van der Waals surface area contributed by atoms with Gasteiger partial charge in [0.05, 0.1) is 6.04 Å². The number of hydrogen-bond acceptors (Lipinski definition) is 1. The Labute approximate surface area is 67.2 Å². The maximum absolute atomic E-state index is 5.47. The molecule has 0 radical (unpaired) electrons. The molecule has 0 saturated carbocycles. The lowest BCUT2D eigenvalue weighted by Gasteiger charge is -1.89. The summed E-state index contributed by atoms with van der Waals surface area (Å²) in [5.74, 6) is 5.86. The zero-order valence-electron chi connectivity index (χ0n) is 6.54. The monoisotopic (exact) mass is 145 g/mol. The fourth-order valence-electron chi connectivity index (χ4n) is 0.719. The first-order valence-corrected chi connectivity index (χ1v) is 3.61. The Kier molecular flexibility index (Phi) is 2.71. The van der Waals surface area contributed by atoms with E-state index in [1.165, 1.54) is 0 Å². The van der Waals surface area contributed by atoms with Gasteiger partial charge in [-0.25, -0.2) is 0 Å². The highest BCUT2D eigenvalue weighted by atomic mass is 14.6. The molecular formula is C10H11N. The minimum atomic E-state index is -0.0461. The highest BCUT2D eigenvalue weighted by Crippen LogP contribution is 1.94. The van der Waals surface area contributed by atoms with Crippen molar-refractivity contribution in [3.8, 4) is 11.8 Å². The maximum Gasteiger partial charge on any atom is 0.0639 e. The molecule has 1 unspecified atom stereocenters. The van der Waals surface area contributed by atoms with Crippen molar-refractivity contribution >= 4 is 0 Å². The van der Waals surface area contributed by atoms with Crippen LogP contribution in [0.4, 0.5) is 0 Å². The third kappa shape index (κ3) is 2.88. The second-order valence-electron chi connectivity index (χ2n) is 2.42. The summed E-state index contributed by atoms with van der Waals surface area (Å²) in [5, 5.41) is 0. The topological polar surface area (TPSA) is 26.0 Å². The van der Waals surface area contributed by atoms with Crippen molar-refractivity contribution in [2.45, 2.75) is 13.0 Å². The van der Waals surface area contributed by atoms with Crippen molar-refractivity contribution in [1.29, 1.82) is 0 Å². The van der Waals surface area contributed by atoms with Gasteiger partial charge in [-0.1, -0.05) is 30.0 Å². The van der Waals surface area contributed by atoms with Crippen LogP contribution in [0.3, 0.4) is 0 Å². The van der Waals surface area contributed by atoms with Gasteiger partial charge in [0.25, 0.3) is 0 Å². The Morgan fingerprint density at radius 3 is 2.45 bits per heavy atom. The molecule has 0 heterocycles. The third-order valence-corrected chi connectivity index (χ3v) is 1.22. The molecule has 2 N–H and O–H groups in total. The lowest BCUT2D eigenvalue weighted by Crippen LogP contribution is -2.10. The van der Waals surface area contributed by atoms with Crippen LogP contribution in [0.25, 0.3) is 0 Å². The average Bonchev–Trinajstić information content (AvgIpc) is 2.03. The predicted molar refractivity (Wildman–Crippen MR) is 47.0 cm³/mol. The van der Waals surface area contributed by atoms with E-state index in [0.29, 0.717) is 0 Å². The minimum absolute atomic E-state index is 0.0461. The lowest BCUT2D eigenvalue weighted by molar-refractivity contribution is 0.959. The number of rotatable bonds is 0.